The van der Waals surface area contributed by atoms with Gasteiger partial charge in [-0.25, -0.2) is 4.79 Å². The second-order valence-electron chi connectivity index (χ2n) is 9.54. The molecule has 4 aliphatic rings. The first-order chi connectivity index (χ1) is 15.3. The SMILES string of the molecule is O=C1CO[C@H]2CCN(C(=O)N3CC(c4ccc(N5CCC(C(F)(F)F)C5)cc4)C3)C[C@H]2C1. The molecule has 0 aromatic heterocycles. The number of urea groups is 1. The van der Waals surface area contributed by atoms with Crippen LogP contribution in [0.15, 0.2) is 24.3 Å². The van der Waals surface area contributed by atoms with Gasteiger partial charge < -0.3 is 19.4 Å². The Morgan fingerprint density at radius 3 is 2.41 bits per heavy atom. The minimum Gasteiger partial charge on any atom is -0.371 e. The second-order valence-corrected chi connectivity index (χ2v) is 9.54. The predicted molar refractivity (Wildman–Crippen MR) is 112 cm³/mol. The van der Waals surface area contributed by atoms with Crippen molar-refractivity contribution in [3.63, 3.8) is 0 Å². The van der Waals surface area contributed by atoms with Gasteiger partial charge in [0.2, 0.25) is 0 Å². The molecule has 4 saturated heterocycles. The molecule has 4 heterocycles. The van der Waals surface area contributed by atoms with E-state index in [0.717, 1.165) is 17.7 Å². The number of piperidine rings is 1. The van der Waals surface area contributed by atoms with Crippen LogP contribution in [-0.2, 0) is 9.53 Å². The first-order valence-corrected chi connectivity index (χ1v) is 11.4. The Balaban J connectivity index is 1.12. The van der Waals surface area contributed by atoms with E-state index in [-0.39, 0.29) is 49.3 Å². The number of Topliss-reactive ketones (excluding diaryl/α,β-unsaturated/α-hetero) is 1. The lowest BCUT2D eigenvalue weighted by Crippen LogP contribution is -2.58. The zero-order chi connectivity index (χ0) is 22.5. The number of nitrogens with zero attached hydrogens (tertiary/aromatic N) is 3. The first kappa shape index (κ1) is 21.6. The molecule has 0 bridgehead atoms. The molecule has 5 rings (SSSR count). The summed E-state index contributed by atoms with van der Waals surface area (Å²) in [6, 6.07) is 7.75. The molecular formula is C23H28F3N3O3. The number of ketones is 1. The Labute approximate surface area is 185 Å². The van der Waals surface area contributed by atoms with Crippen molar-refractivity contribution in [1.29, 1.82) is 0 Å². The van der Waals surface area contributed by atoms with Gasteiger partial charge in [-0.05, 0) is 30.5 Å². The number of amides is 2. The van der Waals surface area contributed by atoms with Gasteiger partial charge >= 0.3 is 12.2 Å². The molecule has 4 aliphatic heterocycles. The summed E-state index contributed by atoms with van der Waals surface area (Å²) in [4.78, 5) is 30.0. The van der Waals surface area contributed by atoms with Gasteiger partial charge in [-0.1, -0.05) is 12.1 Å². The fourth-order valence-corrected chi connectivity index (χ4v) is 5.42. The summed E-state index contributed by atoms with van der Waals surface area (Å²) in [5.74, 6) is -0.805. The summed E-state index contributed by atoms with van der Waals surface area (Å²) in [6.45, 7) is 3.13. The van der Waals surface area contributed by atoms with Crippen molar-refractivity contribution < 1.29 is 27.5 Å². The Morgan fingerprint density at radius 1 is 0.969 bits per heavy atom. The van der Waals surface area contributed by atoms with Crippen LogP contribution < -0.4 is 4.90 Å². The molecule has 32 heavy (non-hydrogen) atoms. The number of halogens is 3. The summed E-state index contributed by atoms with van der Waals surface area (Å²) in [5.41, 5.74) is 1.93. The Kier molecular flexibility index (Phi) is 5.55. The minimum atomic E-state index is -4.13. The Bertz CT molecular complexity index is 869. The number of hydrogen-bond donors (Lipinski definition) is 0. The summed E-state index contributed by atoms with van der Waals surface area (Å²) in [5, 5.41) is 0. The van der Waals surface area contributed by atoms with Gasteiger partial charge in [0.05, 0.1) is 12.0 Å². The third kappa shape index (κ3) is 4.19. The van der Waals surface area contributed by atoms with Crippen LogP contribution >= 0.6 is 0 Å². The van der Waals surface area contributed by atoms with E-state index in [9.17, 15) is 22.8 Å². The minimum absolute atomic E-state index is 0.0167. The quantitative estimate of drug-likeness (QED) is 0.693. The van der Waals surface area contributed by atoms with Crippen molar-refractivity contribution in [2.24, 2.45) is 11.8 Å². The van der Waals surface area contributed by atoms with Crippen molar-refractivity contribution >= 4 is 17.5 Å². The highest BCUT2D eigenvalue weighted by Crippen LogP contribution is 2.36. The molecule has 0 spiro atoms. The van der Waals surface area contributed by atoms with Crippen LogP contribution in [0.1, 0.15) is 30.7 Å². The lowest BCUT2D eigenvalue weighted by Gasteiger charge is -2.46. The lowest BCUT2D eigenvalue weighted by molar-refractivity contribution is -0.168. The molecule has 174 valence electrons. The number of carbonyl (C=O) groups is 2. The number of ether oxygens (including phenoxy) is 1. The molecule has 3 atom stereocenters. The summed E-state index contributed by atoms with van der Waals surface area (Å²) < 4.78 is 44.4. The van der Waals surface area contributed by atoms with Crippen LogP contribution in [0.25, 0.3) is 0 Å². The highest BCUT2D eigenvalue weighted by molar-refractivity contribution is 5.81. The summed E-state index contributed by atoms with van der Waals surface area (Å²) in [6.07, 6.45) is -2.64. The van der Waals surface area contributed by atoms with Crippen molar-refractivity contribution in [2.75, 3.05) is 50.8 Å². The number of likely N-dealkylation sites (tertiary alicyclic amines) is 2. The van der Waals surface area contributed by atoms with Crippen molar-refractivity contribution in [1.82, 2.24) is 9.80 Å². The Morgan fingerprint density at radius 2 is 1.72 bits per heavy atom. The zero-order valence-electron chi connectivity index (χ0n) is 17.9. The van der Waals surface area contributed by atoms with Crippen molar-refractivity contribution in [3.05, 3.63) is 29.8 Å². The van der Waals surface area contributed by atoms with E-state index in [1.165, 1.54) is 0 Å². The number of rotatable bonds is 2. The van der Waals surface area contributed by atoms with Crippen LogP contribution in [0.5, 0.6) is 0 Å². The molecule has 0 N–H and O–H groups in total. The smallest absolute Gasteiger partial charge is 0.371 e. The van der Waals surface area contributed by atoms with Crippen molar-refractivity contribution in [3.8, 4) is 0 Å². The van der Waals surface area contributed by atoms with Crippen molar-refractivity contribution in [2.45, 2.75) is 37.5 Å². The Hall–Kier alpha value is -2.29. The number of anilines is 1. The monoisotopic (exact) mass is 451 g/mol. The maximum atomic E-state index is 12.9. The number of fused-ring (bicyclic) bond motifs is 1. The maximum Gasteiger partial charge on any atom is 0.393 e. The highest BCUT2D eigenvalue weighted by Gasteiger charge is 2.44. The molecule has 6 nitrogen and oxygen atoms in total. The average Bonchev–Trinajstić information content (AvgIpc) is 3.23. The average molecular weight is 451 g/mol. The third-order valence-corrected chi connectivity index (χ3v) is 7.42. The molecule has 0 radical (unpaired) electrons. The standard InChI is InChI=1S/C23H28F3N3O3/c24-23(25,26)18-5-7-27(13-18)19-3-1-15(2-4-19)17-11-29(12-17)22(31)28-8-6-21-16(10-28)9-20(30)14-32-21/h1-4,16-18,21H,5-14H2/t16-,18?,21+/m1/s1. The number of hydrogen-bond acceptors (Lipinski definition) is 4. The van der Waals surface area contributed by atoms with E-state index in [1.54, 1.807) is 4.90 Å². The second kappa shape index (κ2) is 8.24. The van der Waals surface area contributed by atoms with E-state index in [0.29, 0.717) is 39.1 Å². The van der Waals surface area contributed by atoms with E-state index in [1.807, 2.05) is 34.1 Å². The molecule has 0 saturated carbocycles. The number of benzene rings is 1. The molecule has 1 unspecified atom stereocenters. The van der Waals surface area contributed by atoms with Gasteiger partial charge in [0, 0.05) is 63.2 Å². The van der Waals surface area contributed by atoms with Gasteiger partial charge in [0.25, 0.3) is 0 Å². The van der Waals surface area contributed by atoms with Gasteiger partial charge in [-0.2, -0.15) is 13.2 Å². The van der Waals surface area contributed by atoms with Gasteiger partial charge in [0.1, 0.15) is 6.61 Å². The van der Waals surface area contributed by atoms with Crippen LogP contribution in [-0.4, -0.2) is 79.8 Å². The zero-order valence-corrected chi connectivity index (χ0v) is 17.9. The maximum absolute atomic E-state index is 12.9. The number of carbonyl (C=O) groups excluding carboxylic acids is 2. The van der Waals surface area contributed by atoms with Crippen LogP contribution in [0.3, 0.4) is 0 Å². The largest absolute Gasteiger partial charge is 0.393 e. The molecule has 2 amide bonds. The summed E-state index contributed by atoms with van der Waals surface area (Å²) >= 11 is 0. The lowest BCUT2D eigenvalue weighted by atomic mass is 9.87. The van der Waals surface area contributed by atoms with Gasteiger partial charge in [-0.3, -0.25) is 4.79 Å². The topological polar surface area (TPSA) is 53.1 Å². The molecule has 1 aromatic rings. The highest BCUT2D eigenvalue weighted by atomic mass is 19.4. The van der Waals surface area contributed by atoms with Crippen LogP contribution in [0, 0.1) is 11.8 Å². The molecule has 9 heteroatoms. The molecule has 1 aromatic carbocycles. The van der Waals surface area contributed by atoms with Gasteiger partial charge in [0.15, 0.2) is 5.78 Å². The predicted octanol–water partition coefficient (Wildman–Crippen LogP) is 3.27. The van der Waals surface area contributed by atoms with E-state index < -0.39 is 12.1 Å². The molecule has 4 fully saturated rings. The van der Waals surface area contributed by atoms with E-state index in [2.05, 4.69) is 0 Å². The fraction of sp³-hybridized carbons (Fsp3) is 0.652. The molecular weight excluding hydrogens is 423 g/mol. The fourth-order valence-electron chi connectivity index (χ4n) is 5.42. The van der Waals surface area contributed by atoms with E-state index in [4.69, 9.17) is 4.74 Å². The molecule has 0 aliphatic carbocycles. The van der Waals surface area contributed by atoms with Crippen LogP contribution in [0.2, 0.25) is 0 Å². The van der Waals surface area contributed by atoms with E-state index >= 15 is 0 Å². The van der Waals surface area contributed by atoms with Gasteiger partial charge in [-0.15, -0.1) is 0 Å². The van der Waals surface area contributed by atoms with Crippen LogP contribution in [0.4, 0.5) is 23.7 Å². The normalized spacial score (nSPS) is 29.2. The third-order valence-electron chi connectivity index (χ3n) is 7.42. The number of alkyl halides is 3. The first-order valence-electron chi connectivity index (χ1n) is 11.4. The summed E-state index contributed by atoms with van der Waals surface area (Å²) in [7, 11) is 0.